The maximum absolute atomic E-state index is 12.6. The van der Waals surface area contributed by atoms with Crippen LogP contribution in [0.5, 0.6) is 5.75 Å². The van der Waals surface area contributed by atoms with E-state index in [0.29, 0.717) is 37.7 Å². The Bertz CT molecular complexity index is 1130. The van der Waals surface area contributed by atoms with Gasteiger partial charge in [0.2, 0.25) is 10.0 Å². The van der Waals surface area contributed by atoms with E-state index >= 15 is 0 Å². The fourth-order valence-corrected chi connectivity index (χ4v) is 4.72. The number of nitrogens with one attached hydrogen (secondary N) is 1. The molecule has 156 valence electrons. The molecule has 8 heteroatoms. The average Bonchev–Trinajstić information content (AvgIpc) is 2.79. The topological polar surface area (TPSA) is 84.9 Å². The van der Waals surface area contributed by atoms with Gasteiger partial charge in [-0.05, 0) is 35.7 Å². The van der Waals surface area contributed by atoms with E-state index < -0.39 is 10.0 Å². The fraction of sp³-hybridized carbons (Fsp3) is 0.227. The molecule has 7 nitrogen and oxygen atoms in total. The van der Waals surface area contributed by atoms with Crippen molar-refractivity contribution in [2.75, 3.05) is 38.2 Å². The molecule has 30 heavy (non-hydrogen) atoms. The molecule has 0 saturated carbocycles. The van der Waals surface area contributed by atoms with Gasteiger partial charge in [-0.15, -0.1) is 0 Å². The Morgan fingerprint density at radius 1 is 0.967 bits per heavy atom. The molecule has 0 bridgehead atoms. The van der Waals surface area contributed by atoms with Crippen molar-refractivity contribution in [3.8, 4) is 5.75 Å². The molecule has 1 fully saturated rings. The number of fused-ring (bicyclic) bond motifs is 1. The number of hydrogen-bond acceptors (Lipinski definition) is 5. The Labute approximate surface area is 175 Å². The van der Waals surface area contributed by atoms with E-state index in [1.807, 2.05) is 42.5 Å². The molecule has 0 radical (unpaired) electrons. The lowest BCUT2D eigenvalue weighted by molar-refractivity contribution is -0.118. The molecular formula is C22H22N2O5S. The summed E-state index contributed by atoms with van der Waals surface area (Å²) < 4.78 is 37.4. The van der Waals surface area contributed by atoms with Gasteiger partial charge >= 0.3 is 0 Å². The summed E-state index contributed by atoms with van der Waals surface area (Å²) in [6.07, 6.45) is 0. The van der Waals surface area contributed by atoms with Gasteiger partial charge in [0.15, 0.2) is 6.61 Å². The molecule has 1 saturated heterocycles. The zero-order valence-electron chi connectivity index (χ0n) is 16.3. The number of nitrogens with zero attached hydrogens (tertiary/aromatic N) is 1. The van der Waals surface area contributed by atoms with Crippen molar-refractivity contribution >= 4 is 32.4 Å². The fourth-order valence-electron chi connectivity index (χ4n) is 3.31. The highest BCUT2D eigenvalue weighted by atomic mass is 32.2. The number of hydrogen-bond donors (Lipinski definition) is 1. The van der Waals surface area contributed by atoms with Crippen LogP contribution in [-0.2, 0) is 19.6 Å². The number of sulfonamides is 1. The second-order valence-corrected chi connectivity index (χ2v) is 8.79. The molecule has 1 aliphatic rings. The van der Waals surface area contributed by atoms with Crippen LogP contribution in [0.1, 0.15) is 0 Å². The number of carbonyl (C=O) groups excluding carboxylic acids is 1. The molecule has 1 amide bonds. The van der Waals surface area contributed by atoms with Gasteiger partial charge in [-0.3, -0.25) is 4.79 Å². The first-order chi connectivity index (χ1) is 14.5. The van der Waals surface area contributed by atoms with Gasteiger partial charge in [0, 0.05) is 24.2 Å². The van der Waals surface area contributed by atoms with Crippen LogP contribution < -0.4 is 10.1 Å². The van der Waals surface area contributed by atoms with Crippen LogP contribution in [0.3, 0.4) is 0 Å². The predicted molar refractivity (Wildman–Crippen MR) is 114 cm³/mol. The second-order valence-electron chi connectivity index (χ2n) is 6.85. The first kappa shape index (κ1) is 20.3. The molecule has 3 aromatic rings. The lowest BCUT2D eigenvalue weighted by atomic mass is 10.1. The number of amides is 1. The van der Waals surface area contributed by atoms with E-state index in [9.17, 15) is 13.2 Å². The van der Waals surface area contributed by atoms with Crippen LogP contribution in [-0.4, -0.2) is 51.5 Å². The molecule has 3 aromatic carbocycles. The third-order valence-electron chi connectivity index (χ3n) is 4.87. The highest BCUT2D eigenvalue weighted by Crippen LogP contribution is 2.23. The molecule has 0 aliphatic carbocycles. The first-order valence-electron chi connectivity index (χ1n) is 9.62. The van der Waals surface area contributed by atoms with Gasteiger partial charge < -0.3 is 14.8 Å². The summed E-state index contributed by atoms with van der Waals surface area (Å²) in [5.74, 6) is 0.125. The van der Waals surface area contributed by atoms with E-state index in [1.54, 1.807) is 12.1 Å². The highest BCUT2D eigenvalue weighted by molar-refractivity contribution is 7.89. The maximum Gasteiger partial charge on any atom is 0.262 e. The number of anilines is 1. The minimum atomic E-state index is -3.55. The van der Waals surface area contributed by atoms with Crippen molar-refractivity contribution in [2.24, 2.45) is 0 Å². The molecule has 0 unspecified atom stereocenters. The largest absolute Gasteiger partial charge is 0.484 e. The Morgan fingerprint density at radius 3 is 2.43 bits per heavy atom. The summed E-state index contributed by atoms with van der Waals surface area (Å²) in [6.45, 7) is 1.29. The molecule has 1 aliphatic heterocycles. The summed E-state index contributed by atoms with van der Waals surface area (Å²) in [5.41, 5.74) is 0.716. The molecule has 1 heterocycles. The van der Waals surface area contributed by atoms with Gasteiger partial charge in [-0.2, -0.15) is 4.31 Å². The van der Waals surface area contributed by atoms with E-state index in [0.717, 1.165) is 10.8 Å². The summed E-state index contributed by atoms with van der Waals surface area (Å²) in [6, 6.07) is 19.6. The van der Waals surface area contributed by atoms with Crippen molar-refractivity contribution < 1.29 is 22.7 Å². The minimum absolute atomic E-state index is 0.182. The zero-order valence-corrected chi connectivity index (χ0v) is 17.1. The molecule has 4 rings (SSSR count). The van der Waals surface area contributed by atoms with Crippen LogP contribution in [0, 0.1) is 0 Å². The van der Waals surface area contributed by atoms with E-state index in [1.165, 1.54) is 16.4 Å². The molecule has 0 spiro atoms. The van der Waals surface area contributed by atoms with Gasteiger partial charge in [0.1, 0.15) is 5.75 Å². The molecule has 0 aromatic heterocycles. The average molecular weight is 426 g/mol. The van der Waals surface area contributed by atoms with Crippen LogP contribution >= 0.6 is 0 Å². The van der Waals surface area contributed by atoms with Crippen molar-refractivity contribution in [1.29, 1.82) is 0 Å². The Balaban J connectivity index is 1.37. The van der Waals surface area contributed by atoms with E-state index in [4.69, 9.17) is 9.47 Å². The number of carbonyl (C=O) groups is 1. The Morgan fingerprint density at radius 2 is 1.67 bits per heavy atom. The standard InChI is InChI=1S/C22H22N2O5S/c25-22(23-21-7-3-5-17-4-1-2-6-20(17)21)16-29-18-8-10-19(11-9-18)30(26,27)24-12-14-28-15-13-24/h1-11H,12-16H2,(H,23,25). The zero-order chi connectivity index (χ0) is 21.0. The molecular weight excluding hydrogens is 404 g/mol. The van der Waals surface area contributed by atoms with Crippen LogP contribution in [0.15, 0.2) is 71.6 Å². The van der Waals surface area contributed by atoms with Crippen molar-refractivity contribution in [3.05, 3.63) is 66.7 Å². The summed E-state index contributed by atoms with van der Waals surface area (Å²) in [4.78, 5) is 12.5. The van der Waals surface area contributed by atoms with Gasteiger partial charge in [0.25, 0.3) is 5.91 Å². The van der Waals surface area contributed by atoms with Crippen molar-refractivity contribution in [3.63, 3.8) is 0 Å². The normalized spacial score (nSPS) is 15.1. The Kier molecular flexibility index (Phi) is 5.98. The summed E-state index contributed by atoms with van der Waals surface area (Å²) in [5, 5.41) is 4.84. The predicted octanol–water partition coefficient (Wildman–Crippen LogP) is 2.88. The summed E-state index contributed by atoms with van der Waals surface area (Å²) in [7, 11) is -3.55. The van der Waals surface area contributed by atoms with Crippen molar-refractivity contribution in [1.82, 2.24) is 4.31 Å². The van der Waals surface area contributed by atoms with Gasteiger partial charge in [-0.1, -0.05) is 36.4 Å². The lowest BCUT2D eigenvalue weighted by Gasteiger charge is -2.26. The lowest BCUT2D eigenvalue weighted by Crippen LogP contribution is -2.40. The Hall–Kier alpha value is -2.94. The third kappa shape index (κ3) is 4.46. The summed E-state index contributed by atoms with van der Waals surface area (Å²) >= 11 is 0. The molecule has 0 atom stereocenters. The minimum Gasteiger partial charge on any atom is -0.484 e. The number of benzene rings is 3. The second kappa shape index (κ2) is 8.83. The first-order valence-corrected chi connectivity index (χ1v) is 11.1. The quantitative estimate of drug-likeness (QED) is 0.655. The smallest absolute Gasteiger partial charge is 0.262 e. The molecule has 1 N–H and O–H groups in total. The third-order valence-corrected chi connectivity index (χ3v) is 6.78. The highest BCUT2D eigenvalue weighted by Gasteiger charge is 2.26. The number of rotatable bonds is 6. The van der Waals surface area contributed by atoms with Gasteiger partial charge in [0.05, 0.1) is 18.1 Å². The van der Waals surface area contributed by atoms with Gasteiger partial charge in [-0.25, -0.2) is 8.42 Å². The van der Waals surface area contributed by atoms with Crippen LogP contribution in [0.4, 0.5) is 5.69 Å². The monoisotopic (exact) mass is 426 g/mol. The van der Waals surface area contributed by atoms with E-state index in [2.05, 4.69) is 5.32 Å². The SMILES string of the molecule is O=C(COc1ccc(S(=O)(=O)N2CCOCC2)cc1)Nc1cccc2ccccc12. The number of ether oxygens (including phenoxy) is 2. The van der Waals surface area contributed by atoms with Crippen LogP contribution in [0.25, 0.3) is 10.8 Å². The van der Waals surface area contributed by atoms with Crippen molar-refractivity contribution in [2.45, 2.75) is 4.90 Å². The van der Waals surface area contributed by atoms with Crippen LogP contribution in [0.2, 0.25) is 0 Å². The van der Waals surface area contributed by atoms with E-state index in [-0.39, 0.29) is 17.4 Å². The maximum atomic E-state index is 12.6. The number of morpholine rings is 1.